The number of benzene rings is 2. The van der Waals surface area contributed by atoms with Crippen molar-refractivity contribution in [2.75, 3.05) is 33.0 Å². The van der Waals surface area contributed by atoms with Crippen molar-refractivity contribution in [1.82, 2.24) is 5.32 Å². The van der Waals surface area contributed by atoms with Crippen molar-refractivity contribution in [2.45, 2.75) is 6.04 Å². The van der Waals surface area contributed by atoms with Gasteiger partial charge in [-0.15, -0.1) is 0 Å². The Balaban J connectivity index is 1.67. The number of rotatable bonds is 8. The maximum atomic E-state index is 13.7. The Morgan fingerprint density at radius 2 is 1.83 bits per heavy atom. The van der Waals surface area contributed by atoms with Crippen molar-refractivity contribution in [3.63, 3.8) is 0 Å². The third-order valence-corrected chi connectivity index (χ3v) is 4.32. The molecule has 3 rings (SSSR count). The predicted octanol–water partition coefficient (Wildman–Crippen LogP) is 2.54. The van der Waals surface area contributed by atoms with Gasteiger partial charge in [0.1, 0.15) is 6.61 Å². The van der Waals surface area contributed by atoms with Gasteiger partial charge in [-0.05, 0) is 17.7 Å². The van der Waals surface area contributed by atoms with Crippen LogP contribution in [0.5, 0.6) is 5.75 Å². The molecule has 24 heavy (non-hydrogen) atoms. The molecule has 0 aromatic heterocycles. The zero-order valence-electron chi connectivity index (χ0n) is 13.5. The normalized spacial score (nSPS) is 17.1. The standard InChI is InChI=1S/C19H22FNO3/c20-16-8-4-5-9-18(16)24-10-17(15-6-2-1-3-7-15)21-11-19(12-22)13-23-14-19/h1-9,17,21-22H,10-14H2. The SMILES string of the molecule is OCC1(CNC(COc2ccccc2F)c2ccccc2)COC1. The molecule has 1 heterocycles. The quantitative estimate of drug-likeness (QED) is 0.780. The summed E-state index contributed by atoms with van der Waals surface area (Å²) < 4.78 is 24.6. The first-order valence-electron chi connectivity index (χ1n) is 8.07. The molecule has 2 aromatic carbocycles. The highest BCUT2D eigenvalue weighted by Crippen LogP contribution is 2.27. The molecule has 0 amide bonds. The van der Waals surface area contributed by atoms with Crippen LogP contribution in [0.15, 0.2) is 54.6 Å². The molecule has 0 aliphatic carbocycles. The van der Waals surface area contributed by atoms with E-state index in [9.17, 15) is 9.50 Å². The minimum atomic E-state index is -0.372. The topological polar surface area (TPSA) is 50.7 Å². The summed E-state index contributed by atoms with van der Waals surface area (Å²) in [4.78, 5) is 0. The van der Waals surface area contributed by atoms with Crippen LogP contribution in [0.3, 0.4) is 0 Å². The maximum absolute atomic E-state index is 13.7. The van der Waals surface area contributed by atoms with E-state index >= 15 is 0 Å². The van der Waals surface area contributed by atoms with E-state index < -0.39 is 0 Å². The van der Waals surface area contributed by atoms with Gasteiger partial charge < -0.3 is 19.9 Å². The summed E-state index contributed by atoms with van der Waals surface area (Å²) in [7, 11) is 0. The molecular weight excluding hydrogens is 309 g/mol. The lowest BCUT2D eigenvalue weighted by Gasteiger charge is -2.41. The van der Waals surface area contributed by atoms with Crippen LogP contribution in [0, 0.1) is 11.2 Å². The highest BCUT2D eigenvalue weighted by atomic mass is 19.1. The summed E-state index contributed by atoms with van der Waals surface area (Å²) in [6, 6.07) is 16.2. The van der Waals surface area contributed by atoms with Crippen molar-refractivity contribution in [2.24, 2.45) is 5.41 Å². The Labute approximate surface area is 141 Å². The molecule has 0 saturated carbocycles. The van der Waals surface area contributed by atoms with Gasteiger partial charge in [-0.25, -0.2) is 4.39 Å². The lowest BCUT2D eigenvalue weighted by atomic mass is 9.86. The Morgan fingerprint density at radius 1 is 1.12 bits per heavy atom. The number of aliphatic hydroxyl groups excluding tert-OH is 1. The second kappa shape index (κ2) is 7.75. The van der Waals surface area contributed by atoms with E-state index in [0.717, 1.165) is 5.56 Å². The average Bonchev–Trinajstić information content (AvgIpc) is 2.59. The molecule has 1 atom stereocenters. The number of ether oxygens (including phenoxy) is 2. The van der Waals surface area contributed by atoms with E-state index in [-0.39, 0.29) is 29.6 Å². The molecule has 1 aliphatic rings. The summed E-state index contributed by atoms with van der Waals surface area (Å²) in [5, 5.41) is 13.0. The summed E-state index contributed by atoms with van der Waals surface area (Å²) in [5.41, 5.74) is 0.826. The van der Waals surface area contributed by atoms with Crippen LogP contribution in [0.4, 0.5) is 4.39 Å². The monoisotopic (exact) mass is 331 g/mol. The van der Waals surface area contributed by atoms with E-state index in [1.54, 1.807) is 18.2 Å². The Hall–Kier alpha value is -1.95. The molecule has 0 spiro atoms. The summed E-state index contributed by atoms with van der Waals surface area (Å²) in [5.74, 6) is -0.132. The van der Waals surface area contributed by atoms with E-state index in [4.69, 9.17) is 9.47 Å². The molecule has 2 aromatic rings. The number of halogens is 1. The number of nitrogens with one attached hydrogen (secondary N) is 1. The molecule has 128 valence electrons. The van der Waals surface area contributed by atoms with Crippen LogP contribution < -0.4 is 10.1 Å². The molecule has 1 fully saturated rings. The minimum Gasteiger partial charge on any atom is -0.489 e. The predicted molar refractivity (Wildman–Crippen MR) is 89.4 cm³/mol. The van der Waals surface area contributed by atoms with Crippen LogP contribution in [0.25, 0.3) is 0 Å². The molecule has 1 unspecified atom stereocenters. The number of para-hydroxylation sites is 1. The van der Waals surface area contributed by atoms with Gasteiger partial charge >= 0.3 is 0 Å². The molecule has 4 nitrogen and oxygen atoms in total. The second-order valence-electron chi connectivity index (χ2n) is 6.24. The van der Waals surface area contributed by atoms with Gasteiger partial charge in [0.25, 0.3) is 0 Å². The first kappa shape index (κ1) is 16.9. The third kappa shape index (κ3) is 3.93. The molecule has 0 bridgehead atoms. The van der Waals surface area contributed by atoms with Crippen molar-refractivity contribution >= 4 is 0 Å². The number of hydrogen-bond acceptors (Lipinski definition) is 4. The summed E-state index contributed by atoms with van der Waals surface area (Å²) >= 11 is 0. The lowest BCUT2D eigenvalue weighted by molar-refractivity contribution is -0.135. The minimum absolute atomic E-state index is 0.0790. The van der Waals surface area contributed by atoms with Crippen LogP contribution in [-0.2, 0) is 4.74 Å². The van der Waals surface area contributed by atoms with E-state index in [2.05, 4.69) is 5.32 Å². The van der Waals surface area contributed by atoms with Gasteiger partial charge in [0.2, 0.25) is 0 Å². The Morgan fingerprint density at radius 3 is 2.46 bits per heavy atom. The molecule has 2 N–H and O–H groups in total. The Kier molecular flexibility index (Phi) is 5.45. The third-order valence-electron chi connectivity index (χ3n) is 4.32. The van der Waals surface area contributed by atoms with Crippen LogP contribution >= 0.6 is 0 Å². The largest absolute Gasteiger partial charge is 0.489 e. The van der Waals surface area contributed by atoms with E-state index in [0.29, 0.717) is 26.4 Å². The molecular formula is C19H22FNO3. The zero-order chi connectivity index (χ0) is 16.8. The van der Waals surface area contributed by atoms with Crippen molar-refractivity contribution in [3.8, 4) is 5.75 Å². The molecule has 5 heteroatoms. The molecule has 1 saturated heterocycles. The van der Waals surface area contributed by atoms with Gasteiger partial charge in [-0.1, -0.05) is 42.5 Å². The van der Waals surface area contributed by atoms with Gasteiger partial charge in [0, 0.05) is 6.54 Å². The van der Waals surface area contributed by atoms with Gasteiger partial charge in [0.15, 0.2) is 11.6 Å². The highest BCUT2D eigenvalue weighted by molar-refractivity contribution is 5.24. The van der Waals surface area contributed by atoms with Gasteiger partial charge in [0.05, 0.1) is 31.3 Å². The van der Waals surface area contributed by atoms with E-state index in [1.807, 2.05) is 30.3 Å². The maximum Gasteiger partial charge on any atom is 0.165 e. The van der Waals surface area contributed by atoms with Gasteiger partial charge in [-0.3, -0.25) is 0 Å². The fraction of sp³-hybridized carbons (Fsp3) is 0.368. The first-order valence-corrected chi connectivity index (χ1v) is 8.07. The van der Waals surface area contributed by atoms with E-state index in [1.165, 1.54) is 6.07 Å². The number of aliphatic hydroxyl groups is 1. The van der Waals surface area contributed by atoms with Crippen LogP contribution in [0.2, 0.25) is 0 Å². The zero-order valence-corrected chi connectivity index (χ0v) is 13.5. The van der Waals surface area contributed by atoms with Gasteiger partial charge in [-0.2, -0.15) is 0 Å². The molecule has 0 radical (unpaired) electrons. The fourth-order valence-corrected chi connectivity index (χ4v) is 2.67. The highest BCUT2D eigenvalue weighted by Gasteiger charge is 2.38. The Bertz CT molecular complexity index is 641. The second-order valence-corrected chi connectivity index (χ2v) is 6.24. The van der Waals surface area contributed by atoms with Crippen molar-refractivity contribution in [3.05, 3.63) is 66.0 Å². The average molecular weight is 331 g/mol. The van der Waals surface area contributed by atoms with Crippen LogP contribution in [-0.4, -0.2) is 38.1 Å². The van der Waals surface area contributed by atoms with Crippen molar-refractivity contribution in [1.29, 1.82) is 0 Å². The summed E-state index contributed by atoms with van der Waals surface area (Å²) in [6.07, 6.45) is 0. The van der Waals surface area contributed by atoms with Crippen LogP contribution in [0.1, 0.15) is 11.6 Å². The molecule has 1 aliphatic heterocycles. The smallest absolute Gasteiger partial charge is 0.165 e. The van der Waals surface area contributed by atoms with Crippen molar-refractivity contribution < 1.29 is 19.0 Å². The lowest BCUT2D eigenvalue weighted by Crippen LogP contribution is -2.53. The fourth-order valence-electron chi connectivity index (χ4n) is 2.67. The first-order chi connectivity index (χ1) is 11.7. The summed E-state index contributed by atoms with van der Waals surface area (Å²) in [6.45, 7) is 2.09. The number of hydrogen-bond donors (Lipinski definition) is 2.